The second-order valence-corrected chi connectivity index (χ2v) is 6.61. The molecule has 1 heterocycles. The van der Waals surface area contributed by atoms with Gasteiger partial charge in [-0.25, -0.2) is 0 Å². The van der Waals surface area contributed by atoms with E-state index in [-0.39, 0.29) is 5.91 Å². The molecular formula is C18H27N3O2. The highest BCUT2D eigenvalue weighted by molar-refractivity contribution is 5.78. The van der Waals surface area contributed by atoms with Crippen LogP contribution in [0.1, 0.15) is 26.2 Å². The molecule has 1 amide bonds. The Kier molecular flexibility index (Phi) is 5.06. The molecule has 0 spiro atoms. The maximum atomic E-state index is 12.1. The Labute approximate surface area is 138 Å². The second-order valence-electron chi connectivity index (χ2n) is 6.61. The van der Waals surface area contributed by atoms with Crippen LogP contribution in [0, 0.1) is 0 Å². The maximum Gasteiger partial charge on any atom is 0.234 e. The van der Waals surface area contributed by atoms with Gasteiger partial charge < -0.3 is 15.0 Å². The average molecular weight is 317 g/mol. The van der Waals surface area contributed by atoms with E-state index < -0.39 is 0 Å². The molecule has 1 unspecified atom stereocenters. The molecule has 0 radical (unpaired) electrons. The van der Waals surface area contributed by atoms with Crippen LogP contribution in [0.3, 0.4) is 0 Å². The summed E-state index contributed by atoms with van der Waals surface area (Å²) >= 11 is 0. The van der Waals surface area contributed by atoms with E-state index >= 15 is 0 Å². The van der Waals surface area contributed by atoms with Crippen LogP contribution in [0.25, 0.3) is 0 Å². The lowest BCUT2D eigenvalue weighted by Crippen LogP contribution is -2.43. The smallest absolute Gasteiger partial charge is 0.234 e. The first-order valence-corrected chi connectivity index (χ1v) is 8.58. The SMILES string of the molecule is COc1ccccc1N1CCC(C)N(CC(=O)NC2CC2)CC1. The van der Waals surface area contributed by atoms with E-state index in [4.69, 9.17) is 4.74 Å². The fourth-order valence-corrected chi connectivity index (χ4v) is 3.16. The molecule has 3 rings (SSSR count). The lowest BCUT2D eigenvalue weighted by Gasteiger charge is -2.26. The van der Waals surface area contributed by atoms with Crippen LogP contribution in [-0.2, 0) is 4.79 Å². The molecule has 1 aliphatic heterocycles. The Morgan fingerprint density at radius 2 is 2.00 bits per heavy atom. The number of carbonyl (C=O) groups is 1. The fraction of sp³-hybridized carbons (Fsp3) is 0.611. The first-order chi connectivity index (χ1) is 11.2. The molecule has 5 heteroatoms. The van der Waals surface area contributed by atoms with Crippen LogP contribution in [0.2, 0.25) is 0 Å². The number of methoxy groups -OCH3 is 1. The Bertz CT molecular complexity index is 545. The number of nitrogens with zero attached hydrogens (tertiary/aromatic N) is 2. The van der Waals surface area contributed by atoms with Gasteiger partial charge in [0.15, 0.2) is 0 Å². The molecule has 1 aromatic carbocycles. The van der Waals surface area contributed by atoms with Gasteiger partial charge in [-0.15, -0.1) is 0 Å². The summed E-state index contributed by atoms with van der Waals surface area (Å²) in [5, 5.41) is 3.09. The number of nitrogens with one attached hydrogen (secondary N) is 1. The van der Waals surface area contributed by atoms with E-state index in [1.54, 1.807) is 7.11 Å². The molecule has 23 heavy (non-hydrogen) atoms. The summed E-state index contributed by atoms with van der Waals surface area (Å²) in [7, 11) is 1.72. The number of hydrogen-bond acceptors (Lipinski definition) is 4. The Morgan fingerprint density at radius 1 is 1.22 bits per heavy atom. The zero-order valence-electron chi connectivity index (χ0n) is 14.1. The van der Waals surface area contributed by atoms with E-state index in [0.717, 1.165) is 50.3 Å². The van der Waals surface area contributed by atoms with Crippen molar-refractivity contribution in [2.75, 3.05) is 38.2 Å². The van der Waals surface area contributed by atoms with Crippen molar-refractivity contribution >= 4 is 11.6 Å². The van der Waals surface area contributed by atoms with Gasteiger partial charge in [0.2, 0.25) is 5.91 Å². The molecule has 1 saturated heterocycles. The minimum Gasteiger partial charge on any atom is -0.495 e. The van der Waals surface area contributed by atoms with Gasteiger partial charge in [0.25, 0.3) is 0 Å². The van der Waals surface area contributed by atoms with Crippen LogP contribution in [0.4, 0.5) is 5.69 Å². The highest BCUT2D eigenvalue weighted by Gasteiger charge is 2.27. The fourth-order valence-electron chi connectivity index (χ4n) is 3.16. The lowest BCUT2D eigenvalue weighted by molar-refractivity contribution is -0.122. The summed E-state index contributed by atoms with van der Waals surface area (Å²) in [6.07, 6.45) is 3.33. The molecule has 2 fully saturated rings. The number of para-hydroxylation sites is 2. The minimum atomic E-state index is 0.171. The Balaban J connectivity index is 1.61. The van der Waals surface area contributed by atoms with Gasteiger partial charge in [0.05, 0.1) is 19.3 Å². The summed E-state index contributed by atoms with van der Waals surface area (Å²) in [6, 6.07) is 9.02. The molecule has 1 saturated carbocycles. The van der Waals surface area contributed by atoms with Crippen molar-refractivity contribution in [2.24, 2.45) is 0 Å². The van der Waals surface area contributed by atoms with Gasteiger partial charge >= 0.3 is 0 Å². The summed E-state index contributed by atoms with van der Waals surface area (Å²) in [4.78, 5) is 16.8. The number of hydrogen-bond donors (Lipinski definition) is 1. The van der Waals surface area contributed by atoms with Crippen LogP contribution >= 0.6 is 0 Å². The molecule has 0 bridgehead atoms. The summed E-state index contributed by atoms with van der Waals surface area (Å²) in [5.41, 5.74) is 1.14. The van der Waals surface area contributed by atoms with Gasteiger partial charge in [-0.1, -0.05) is 12.1 Å². The van der Waals surface area contributed by atoms with Crippen molar-refractivity contribution in [3.05, 3.63) is 24.3 Å². The van der Waals surface area contributed by atoms with Crippen LogP contribution in [0.15, 0.2) is 24.3 Å². The van der Waals surface area contributed by atoms with Crippen molar-refractivity contribution < 1.29 is 9.53 Å². The minimum absolute atomic E-state index is 0.171. The standard InChI is InChI=1S/C18H27N3O2/c1-14-9-10-20(16-5-3-4-6-17(16)23-2)11-12-21(14)13-18(22)19-15-7-8-15/h3-6,14-15H,7-13H2,1-2H3,(H,19,22). The number of anilines is 1. The highest BCUT2D eigenvalue weighted by atomic mass is 16.5. The average Bonchev–Trinajstić information content (AvgIpc) is 3.38. The van der Waals surface area contributed by atoms with Crippen molar-refractivity contribution in [3.8, 4) is 5.75 Å². The number of amides is 1. The number of carbonyl (C=O) groups excluding carboxylic acids is 1. The van der Waals surface area contributed by atoms with Gasteiger partial charge in [-0.3, -0.25) is 9.69 Å². The third-order valence-electron chi connectivity index (χ3n) is 4.81. The Hall–Kier alpha value is -1.75. The van der Waals surface area contributed by atoms with Crippen LogP contribution < -0.4 is 15.0 Å². The largest absolute Gasteiger partial charge is 0.495 e. The lowest BCUT2D eigenvalue weighted by atomic mass is 10.2. The van der Waals surface area contributed by atoms with Crippen molar-refractivity contribution in [3.63, 3.8) is 0 Å². The van der Waals surface area contributed by atoms with Crippen LogP contribution in [0.5, 0.6) is 5.75 Å². The van der Waals surface area contributed by atoms with Crippen molar-refractivity contribution in [1.29, 1.82) is 0 Å². The first-order valence-electron chi connectivity index (χ1n) is 8.58. The third-order valence-corrected chi connectivity index (χ3v) is 4.81. The van der Waals surface area contributed by atoms with E-state index in [0.29, 0.717) is 18.6 Å². The molecule has 0 aromatic heterocycles. The van der Waals surface area contributed by atoms with E-state index in [1.807, 2.05) is 18.2 Å². The second kappa shape index (κ2) is 7.21. The van der Waals surface area contributed by atoms with Crippen LogP contribution in [-0.4, -0.2) is 56.2 Å². The van der Waals surface area contributed by atoms with Gasteiger partial charge in [-0.2, -0.15) is 0 Å². The molecular weight excluding hydrogens is 290 g/mol. The predicted molar refractivity (Wildman–Crippen MR) is 92.0 cm³/mol. The normalized spacial score (nSPS) is 22.5. The summed E-state index contributed by atoms with van der Waals surface area (Å²) < 4.78 is 5.49. The summed E-state index contributed by atoms with van der Waals surface area (Å²) in [6.45, 7) is 5.54. The first kappa shape index (κ1) is 16.1. The van der Waals surface area contributed by atoms with E-state index in [1.165, 1.54) is 0 Å². The summed E-state index contributed by atoms with van der Waals surface area (Å²) in [5.74, 6) is 1.09. The molecule has 2 aliphatic rings. The quantitative estimate of drug-likeness (QED) is 0.900. The molecule has 1 aromatic rings. The number of benzene rings is 1. The monoisotopic (exact) mass is 317 g/mol. The van der Waals surface area contributed by atoms with E-state index in [9.17, 15) is 4.79 Å². The van der Waals surface area contributed by atoms with Gasteiger partial charge in [0.1, 0.15) is 5.75 Å². The van der Waals surface area contributed by atoms with Crippen molar-refractivity contribution in [2.45, 2.75) is 38.3 Å². The topological polar surface area (TPSA) is 44.8 Å². The van der Waals surface area contributed by atoms with Crippen molar-refractivity contribution in [1.82, 2.24) is 10.2 Å². The zero-order chi connectivity index (χ0) is 16.2. The third kappa shape index (κ3) is 4.16. The molecule has 1 N–H and O–H groups in total. The zero-order valence-corrected chi connectivity index (χ0v) is 14.1. The van der Waals surface area contributed by atoms with E-state index in [2.05, 4.69) is 28.1 Å². The number of rotatable bonds is 5. The van der Waals surface area contributed by atoms with Gasteiger partial charge in [-0.05, 0) is 38.3 Å². The predicted octanol–water partition coefficient (Wildman–Crippen LogP) is 1.87. The molecule has 5 nitrogen and oxygen atoms in total. The highest BCUT2D eigenvalue weighted by Crippen LogP contribution is 2.29. The molecule has 126 valence electrons. The molecule has 1 atom stereocenters. The maximum absolute atomic E-state index is 12.1. The number of ether oxygens (including phenoxy) is 1. The molecule has 1 aliphatic carbocycles. The Morgan fingerprint density at radius 3 is 2.74 bits per heavy atom. The van der Waals surface area contributed by atoms with Gasteiger partial charge in [0, 0.05) is 31.7 Å².